The first-order valence-electron chi connectivity index (χ1n) is 5.49. The molecule has 2 fully saturated rings. The molecule has 1 amide bonds. The van der Waals surface area contributed by atoms with Gasteiger partial charge in [-0.25, -0.2) is 5.32 Å². The smallest absolute Gasteiger partial charge is 0.236 e. The Kier molecular flexibility index (Phi) is 3.37. The Morgan fingerprint density at radius 3 is 2.36 bits per heavy atom. The maximum Gasteiger partial charge on any atom is 0.236 e. The zero-order chi connectivity index (χ0) is 9.80. The van der Waals surface area contributed by atoms with E-state index in [1.54, 1.807) is 0 Å². The Balaban J connectivity index is 1.75. The van der Waals surface area contributed by atoms with Crippen molar-refractivity contribution in [3.8, 4) is 0 Å². The van der Waals surface area contributed by atoms with E-state index in [2.05, 4.69) is 10.2 Å². The standard InChI is InChI=1S/C10H18N3O/c14-10(13-5-1-2-6-13)9-12-7-3-11-4-8-12/h1-9H2. The molecule has 0 aromatic heterocycles. The van der Waals surface area contributed by atoms with Crippen LogP contribution in [0.2, 0.25) is 0 Å². The van der Waals surface area contributed by atoms with Crippen molar-refractivity contribution in [1.29, 1.82) is 0 Å². The fourth-order valence-electron chi connectivity index (χ4n) is 2.06. The fraction of sp³-hybridized carbons (Fsp3) is 0.900. The van der Waals surface area contributed by atoms with Crippen molar-refractivity contribution in [2.24, 2.45) is 0 Å². The Morgan fingerprint density at radius 2 is 1.71 bits per heavy atom. The molecule has 1 radical (unpaired) electrons. The van der Waals surface area contributed by atoms with Crippen molar-refractivity contribution in [3.63, 3.8) is 0 Å². The SMILES string of the molecule is O=C(CN1CC[N]CC1)N1CCCC1. The minimum atomic E-state index is 0.310. The molecule has 2 heterocycles. The first kappa shape index (κ1) is 9.93. The number of carbonyl (C=O) groups excluding carboxylic acids is 1. The molecule has 0 aromatic carbocycles. The Hall–Kier alpha value is -0.610. The molecule has 2 saturated heterocycles. The lowest BCUT2D eigenvalue weighted by molar-refractivity contribution is -0.131. The molecule has 0 N–H and O–H groups in total. The topological polar surface area (TPSA) is 37.7 Å². The van der Waals surface area contributed by atoms with Crippen LogP contribution in [0.5, 0.6) is 0 Å². The Bertz CT molecular complexity index is 196. The minimum absolute atomic E-state index is 0.310. The second-order valence-electron chi connectivity index (χ2n) is 4.03. The van der Waals surface area contributed by atoms with Crippen LogP contribution in [0.1, 0.15) is 12.8 Å². The number of hydrogen-bond acceptors (Lipinski definition) is 2. The van der Waals surface area contributed by atoms with Crippen LogP contribution in [0.25, 0.3) is 0 Å². The molecule has 2 aliphatic heterocycles. The van der Waals surface area contributed by atoms with E-state index >= 15 is 0 Å². The molecule has 2 aliphatic rings. The molecule has 0 aromatic rings. The van der Waals surface area contributed by atoms with Gasteiger partial charge in [-0.05, 0) is 12.8 Å². The van der Waals surface area contributed by atoms with E-state index in [0.29, 0.717) is 12.5 Å². The van der Waals surface area contributed by atoms with E-state index in [4.69, 9.17) is 0 Å². The summed E-state index contributed by atoms with van der Waals surface area (Å²) >= 11 is 0. The van der Waals surface area contributed by atoms with Crippen LogP contribution in [-0.4, -0.2) is 61.5 Å². The summed E-state index contributed by atoms with van der Waals surface area (Å²) in [4.78, 5) is 16.0. The van der Waals surface area contributed by atoms with E-state index < -0.39 is 0 Å². The maximum atomic E-state index is 11.8. The van der Waals surface area contributed by atoms with Gasteiger partial charge in [0.2, 0.25) is 5.91 Å². The van der Waals surface area contributed by atoms with Crippen LogP contribution in [0.3, 0.4) is 0 Å². The maximum absolute atomic E-state index is 11.8. The van der Waals surface area contributed by atoms with E-state index in [1.165, 1.54) is 12.8 Å². The fourth-order valence-corrected chi connectivity index (χ4v) is 2.06. The summed E-state index contributed by atoms with van der Waals surface area (Å²) in [6.45, 7) is 6.25. The van der Waals surface area contributed by atoms with Crippen molar-refractivity contribution >= 4 is 5.91 Å². The molecular weight excluding hydrogens is 178 g/mol. The summed E-state index contributed by atoms with van der Waals surface area (Å²) in [5.74, 6) is 0.310. The molecule has 4 nitrogen and oxygen atoms in total. The van der Waals surface area contributed by atoms with Gasteiger partial charge < -0.3 is 4.90 Å². The summed E-state index contributed by atoms with van der Waals surface area (Å²) < 4.78 is 0. The lowest BCUT2D eigenvalue weighted by Crippen LogP contribution is -2.46. The van der Waals surface area contributed by atoms with Crippen molar-refractivity contribution < 1.29 is 4.79 Å². The van der Waals surface area contributed by atoms with Gasteiger partial charge in [-0.2, -0.15) is 0 Å². The molecule has 79 valence electrons. The second kappa shape index (κ2) is 4.75. The summed E-state index contributed by atoms with van der Waals surface area (Å²) in [6, 6.07) is 0. The third kappa shape index (κ3) is 2.45. The highest BCUT2D eigenvalue weighted by Crippen LogP contribution is 2.08. The highest BCUT2D eigenvalue weighted by atomic mass is 16.2. The monoisotopic (exact) mass is 196 g/mol. The zero-order valence-corrected chi connectivity index (χ0v) is 8.61. The third-order valence-electron chi connectivity index (χ3n) is 2.97. The van der Waals surface area contributed by atoms with Gasteiger partial charge in [0.25, 0.3) is 0 Å². The van der Waals surface area contributed by atoms with Crippen LogP contribution >= 0.6 is 0 Å². The Morgan fingerprint density at radius 1 is 1.07 bits per heavy atom. The quantitative estimate of drug-likeness (QED) is 0.599. The molecule has 0 bridgehead atoms. The zero-order valence-electron chi connectivity index (χ0n) is 8.61. The van der Waals surface area contributed by atoms with E-state index in [9.17, 15) is 4.79 Å². The van der Waals surface area contributed by atoms with Gasteiger partial charge in [0.1, 0.15) is 0 Å². The number of nitrogens with zero attached hydrogens (tertiary/aromatic N) is 3. The van der Waals surface area contributed by atoms with Gasteiger partial charge >= 0.3 is 0 Å². The largest absolute Gasteiger partial charge is 0.342 e. The average Bonchev–Trinajstić information content (AvgIpc) is 2.72. The van der Waals surface area contributed by atoms with Crippen LogP contribution in [-0.2, 0) is 4.79 Å². The second-order valence-corrected chi connectivity index (χ2v) is 4.03. The number of carbonyl (C=O) groups is 1. The summed E-state index contributed by atoms with van der Waals surface area (Å²) in [5, 5.41) is 4.27. The molecule has 2 rings (SSSR count). The highest BCUT2D eigenvalue weighted by Gasteiger charge is 2.21. The van der Waals surface area contributed by atoms with E-state index in [1.807, 2.05) is 4.90 Å². The summed E-state index contributed by atoms with van der Waals surface area (Å²) in [7, 11) is 0. The number of likely N-dealkylation sites (tertiary alicyclic amines) is 1. The van der Waals surface area contributed by atoms with Gasteiger partial charge in [-0.3, -0.25) is 9.69 Å². The van der Waals surface area contributed by atoms with Gasteiger partial charge in [-0.1, -0.05) is 0 Å². The normalized spacial score (nSPS) is 24.1. The Labute approximate surface area is 85.2 Å². The highest BCUT2D eigenvalue weighted by molar-refractivity contribution is 5.78. The number of hydrogen-bond donors (Lipinski definition) is 0. The number of rotatable bonds is 2. The van der Waals surface area contributed by atoms with Gasteiger partial charge in [0.05, 0.1) is 6.54 Å². The minimum Gasteiger partial charge on any atom is -0.342 e. The van der Waals surface area contributed by atoms with Crippen LogP contribution in [0.15, 0.2) is 0 Å². The van der Waals surface area contributed by atoms with E-state index in [-0.39, 0.29) is 0 Å². The van der Waals surface area contributed by atoms with E-state index in [0.717, 1.165) is 39.3 Å². The average molecular weight is 196 g/mol. The molecule has 0 atom stereocenters. The molecule has 0 unspecified atom stereocenters. The molecule has 0 saturated carbocycles. The van der Waals surface area contributed by atoms with Crippen LogP contribution in [0, 0.1) is 0 Å². The van der Waals surface area contributed by atoms with Crippen molar-refractivity contribution in [2.75, 3.05) is 45.8 Å². The molecule has 0 spiro atoms. The molecule has 0 aliphatic carbocycles. The van der Waals surface area contributed by atoms with Crippen molar-refractivity contribution in [3.05, 3.63) is 0 Å². The van der Waals surface area contributed by atoms with Gasteiger partial charge in [-0.15, -0.1) is 0 Å². The lowest BCUT2D eigenvalue weighted by Gasteiger charge is -2.27. The summed E-state index contributed by atoms with van der Waals surface area (Å²) in [5.41, 5.74) is 0. The van der Waals surface area contributed by atoms with Crippen molar-refractivity contribution in [2.45, 2.75) is 12.8 Å². The predicted molar refractivity (Wildman–Crippen MR) is 54.1 cm³/mol. The van der Waals surface area contributed by atoms with Gasteiger partial charge in [0, 0.05) is 39.3 Å². The number of amides is 1. The lowest BCUT2D eigenvalue weighted by atomic mass is 10.3. The molecular formula is C10H18N3O. The van der Waals surface area contributed by atoms with Crippen molar-refractivity contribution in [1.82, 2.24) is 15.1 Å². The van der Waals surface area contributed by atoms with Crippen LogP contribution in [0.4, 0.5) is 0 Å². The molecule has 14 heavy (non-hydrogen) atoms. The third-order valence-corrected chi connectivity index (χ3v) is 2.97. The first-order chi connectivity index (χ1) is 6.86. The summed E-state index contributed by atoms with van der Waals surface area (Å²) in [6.07, 6.45) is 2.36. The van der Waals surface area contributed by atoms with Crippen LogP contribution < -0.4 is 5.32 Å². The van der Waals surface area contributed by atoms with Gasteiger partial charge in [0.15, 0.2) is 0 Å². The molecule has 4 heteroatoms. The first-order valence-corrected chi connectivity index (χ1v) is 5.49. The predicted octanol–water partition coefficient (Wildman–Crippen LogP) is -0.471. The number of piperazine rings is 1.